The van der Waals surface area contributed by atoms with Crippen molar-refractivity contribution in [2.45, 2.75) is 6.92 Å². The van der Waals surface area contributed by atoms with Crippen LogP contribution in [0.2, 0.25) is 0 Å². The highest BCUT2D eigenvalue weighted by Crippen LogP contribution is 2.11. The summed E-state index contributed by atoms with van der Waals surface area (Å²) in [5, 5.41) is 2.89. The Morgan fingerprint density at radius 3 is 2.80 bits per heavy atom. The van der Waals surface area contributed by atoms with E-state index in [0.717, 1.165) is 11.3 Å². The van der Waals surface area contributed by atoms with Gasteiger partial charge in [-0.1, -0.05) is 0 Å². The molecule has 2 nitrogen and oxygen atoms in total. The van der Waals surface area contributed by atoms with Crippen molar-refractivity contribution in [3.63, 3.8) is 0 Å². The molecule has 0 fully saturated rings. The molecule has 1 heterocycles. The molecular weight excluding hydrogens is 131 g/mol. The monoisotopic (exact) mass is 140 g/mol. The molecule has 1 rings (SSSR count). The van der Waals surface area contributed by atoms with Crippen LogP contribution < -0.4 is 5.32 Å². The third-order valence-corrected chi connectivity index (χ3v) is 1.35. The molecule has 1 N–H and O–H groups in total. The number of nitrogens with zero attached hydrogens (tertiary/aromatic N) is 1. The fourth-order valence-corrected chi connectivity index (χ4v) is 0.783. The summed E-state index contributed by atoms with van der Waals surface area (Å²) in [6.45, 7) is 1.83. The predicted octanol–water partition coefficient (Wildman–Crippen LogP) is 1.57. The van der Waals surface area contributed by atoms with E-state index in [4.69, 9.17) is 0 Å². The van der Waals surface area contributed by atoms with Crippen LogP contribution in [0.15, 0.2) is 12.3 Å². The van der Waals surface area contributed by atoms with E-state index < -0.39 is 5.95 Å². The van der Waals surface area contributed by atoms with E-state index in [-0.39, 0.29) is 0 Å². The summed E-state index contributed by atoms with van der Waals surface area (Å²) >= 11 is 0. The van der Waals surface area contributed by atoms with Crippen molar-refractivity contribution in [3.05, 3.63) is 23.8 Å². The van der Waals surface area contributed by atoms with Crippen LogP contribution in [0, 0.1) is 12.9 Å². The van der Waals surface area contributed by atoms with Crippen molar-refractivity contribution in [3.8, 4) is 0 Å². The van der Waals surface area contributed by atoms with E-state index in [1.807, 2.05) is 6.92 Å². The molecule has 0 saturated carbocycles. The minimum atomic E-state index is -0.434. The van der Waals surface area contributed by atoms with Crippen molar-refractivity contribution in [2.75, 3.05) is 12.4 Å². The van der Waals surface area contributed by atoms with E-state index in [1.165, 1.54) is 12.3 Å². The minimum absolute atomic E-state index is 0.434. The van der Waals surface area contributed by atoms with Gasteiger partial charge in [0.1, 0.15) is 0 Å². The first-order chi connectivity index (χ1) is 4.74. The average Bonchev–Trinajstić information content (AvgIpc) is 1.88. The fourth-order valence-electron chi connectivity index (χ4n) is 0.783. The van der Waals surface area contributed by atoms with Crippen LogP contribution in [0.5, 0.6) is 0 Å². The second-order valence-corrected chi connectivity index (χ2v) is 2.07. The second-order valence-electron chi connectivity index (χ2n) is 2.07. The zero-order chi connectivity index (χ0) is 7.56. The summed E-state index contributed by atoms with van der Waals surface area (Å²) < 4.78 is 12.3. The van der Waals surface area contributed by atoms with Gasteiger partial charge in [0.05, 0.1) is 11.9 Å². The van der Waals surface area contributed by atoms with E-state index in [1.54, 1.807) is 7.05 Å². The Kier molecular flexibility index (Phi) is 1.85. The summed E-state index contributed by atoms with van der Waals surface area (Å²) in [5.74, 6) is -0.434. The van der Waals surface area contributed by atoms with Gasteiger partial charge >= 0.3 is 0 Å². The van der Waals surface area contributed by atoms with Crippen molar-refractivity contribution in [1.82, 2.24) is 4.98 Å². The van der Waals surface area contributed by atoms with Crippen LogP contribution in [0.3, 0.4) is 0 Å². The smallest absolute Gasteiger partial charge is 0.213 e. The van der Waals surface area contributed by atoms with Crippen molar-refractivity contribution in [2.24, 2.45) is 0 Å². The van der Waals surface area contributed by atoms with Gasteiger partial charge in [0, 0.05) is 7.05 Å². The molecule has 0 radical (unpaired) electrons. The number of aryl methyl sites for hydroxylation is 1. The lowest BCUT2D eigenvalue weighted by Gasteiger charge is -2.01. The van der Waals surface area contributed by atoms with Crippen LogP contribution in [0.1, 0.15) is 5.56 Å². The molecule has 3 heteroatoms. The second kappa shape index (κ2) is 2.64. The van der Waals surface area contributed by atoms with Gasteiger partial charge in [-0.3, -0.25) is 0 Å². The Hall–Kier alpha value is -1.12. The fraction of sp³-hybridized carbons (Fsp3) is 0.286. The molecule has 0 bridgehead atoms. The molecular formula is C7H9FN2. The molecule has 0 unspecified atom stereocenters. The number of anilines is 1. The molecule has 0 aliphatic rings. The van der Waals surface area contributed by atoms with Gasteiger partial charge in [-0.25, -0.2) is 4.98 Å². The lowest BCUT2D eigenvalue weighted by atomic mass is 10.2. The molecule has 54 valence electrons. The lowest BCUT2D eigenvalue weighted by Crippen LogP contribution is -1.93. The zero-order valence-electron chi connectivity index (χ0n) is 5.98. The molecule has 0 aromatic carbocycles. The van der Waals surface area contributed by atoms with Crippen LogP contribution in [0.4, 0.5) is 10.1 Å². The molecule has 1 aromatic rings. The molecule has 10 heavy (non-hydrogen) atoms. The number of aromatic nitrogens is 1. The maximum Gasteiger partial charge on any atom is 0.213 e. The van der Waals surface area contributed by atoms with Gasteiger partial charge in [0.2, 0.25) is 5.95 Å². The molecule has 0 amide bonds. The van der Waals surface area contributed by atoms with Crippen molar-refractivity contribution < 1.29 is 4.39 Å². The van der Waals surface area contributed by atoms with Crippen LogP contribution >= 0.6 is 0 Å². The number of hydrogen-bond acceptors (Lipinski definition) is 2. The normalized spacial score (nSPS) is 9.50. The zero-order valence-corrected chi connectivity index (χ0v) is 5.98. The van der Waals surface area contributed by atoms with Gasteiger partial charge in [0.25, 0.3) is 0 Å². The lowest BCUT2D eigenvalue weighted by molar-refractivity contribution is 0.583. The van der Waals surface area contributed by atoms with Gasteiger partial charge in [-0.2, -0.15) is 4.39 Å². The highest BCUT2D eigenvalue weighted by Gasteiger charge is 1.96. The number of pyridine rings is 1. The Morgan fingerprint density at radius 2 is 2.30 bits per heavy atom. The first-order valence-electron chi connectivity index (χ1n) is 3.04. The van der Waals surface area contributed by atoms with Crippen LogP contribution in [0.25, 0.3) is 0 Å². The van der Waals surface area contributed by atoms with Gasteiger partial charge in [0.15, 0.2) is 0 Å². The molecule has 0 aliphatic heterocycles. The molecule has 0 saturated heterocycles. The SMILES string of the molecule is CNc1cnc(F)cc1C. The summed E-state index contributed by atoms with van der Waals surface area (Å²) in [6, 6.07) is 1.39. The topological polar surface area (TPSA) is 24.9 Å². The Balaban J connectivity index is 3.07. The molecule has 0 spiro atoms. The average molecular weight is 140 g/mol. The molecule has 1 aromatic heterocycles. The highest BCUT2D eigenvalue weighted by molar-refractivity contribution is 5.47. The Bertz CT molecular complexity index is 235. The van der Waals surface area contributed by atoms with Gasteiger partial charge in [-0.15, -0.1) is 0 Å². The minimum Gasteiger partial charge on any atom is -0.387 e. The first kappa shape index (κ1) is 6.99. The molecule has 0 atom stereocenters. The quantitative estimate of drug-likeness (QED) is 0.599. The third-order valence-electron chi connectivity index (χ3n) is 1.35. The van der Waals surface area contributed by atoms with E-state index in [0.29, 0.717) is 0 Å². The summed E-state index contributed by atoms with van der Waals surface area (Å²) in [4.78, 5) is 3.48. The Labute approximate surface area is 59.1 Å². The van der Waals surface area contributed by atoms with E-state index >= 15 is 0 Å². The molecule has 0 aliphatic carbocycles. The van der Waals surface area contributed by atoms with Crippen molar-refractivity contribution >= 4 is 5.69 Å². The number of halogens is 1. The number of rotatable bonds is 1. The number of nitrogens with one attached hydrogen (secondary N) is 1. The standard InChI is InChI=1S/C7H9FN2/c1-5-3-7(8)10-4-6(5)9-2/h3-4,9H,1-2H3. The van der Waals surface area contributed by atoms with Crippen molar-refractivity contribution in [1.29, 1.82) is 0 Å². The van der Waals surface area contributed by atoms with Gasteiger partial charge < -0.3 is 5.32 Å². The highest BCUT2D eigenvalue weighted by atomic mass is 19.1. The van der Waals surface area contributed by atoms with Crippen LogP contribution in [-0.2, 0) is 0 Å². The number of hydrogen-bond donors (Lipinski definition) is 1. The third kappa shape index (κ3) is 1.23. The van der Waals surface area contributed by atoms with Gasteiger partial charge in [-0.05, 0) is 18.6 Å². The maximum atomic E-state index is 12.3. The van der Waals surface area contributed by atoms with Crippen LogP contribution in [-0.4, -0.2) is 12.0 Å². The predicted molar refractivity (Wildman–Crippen MR) is 38.5 cm³/mol. The van der Waals surface area contributed by atoms with E-state index in [2.05, 4.69) is 10.3 Å². The summed E-state index contributed by atoms with van der Waals surface area (Å²) in [5.41, 5.74) is 1.73. The summed E-state index contributed by atoms with van der Waals surface area (Å²) in [7, 11) is 1.78. The summed E-state index contributed by atoms with van der Waals surface area (Å²) in [6.07, 6.45) is 1.48. The first-order valence-corrected chi connectivity index (χ1v) is 3.04. The largest absolute Gasteiger partial charge is 0.387 e. The van der Waals surface area contributed by atoms with E-state index in [9.17, 15) is 4.39 Å². The Morgan fingerprint density at radius 1 is 1.60 bits per heavy atom. The maximum absolute atomic E-state index is 12.3.